The molecule has 0 radical (unpaired) electrons. The van der Waals surface area contributed by atoms with Gasteiger partial charge in [-0.05, 0) is 43.9 Å². The van der Waals surface area contributed by atoms with E-state index in [4.69, 9.17) is 23.2 Å². The first kappa shape index (κ1) is 19.5. The third kappa shape index (κ3) is 4.86. The number of nitrogens with one attached hydrogen (secondary N) is 2. The van der Waals surface area contributed by atoms with E-state index in [0.717, 1.165) is 11.3 Å². The minimum absolute atomic E-state index is 0.369. The number of hydrogen-bond donors (Lipinski definition) is 2. The molecule has 25 heavy (non-hydrogen) atoms. The molecule has 1 aliphatic rings. The number of nitrogens with zero attached hydrogens (tertiary/aromatic N) is 1. The number of halogens is 2. The Labute approximate surface area is 156 Å². The molecule has 0 aliphatic carbocycles. The van der Waals surface area contributed by atoms with Crippen LogP contribution in [0, 0.1) is 5.92 Å². The van der Waals surface area contributed by atoms with Crippen LogP contribution in [0.1, 0.15) is 33.6 Å². The van der Waals surface area contributed by atoms with E-state index in [2.05, 4.69) is 10.6 Å². The summed E-state index contributed by atoms with van der Waals surface area (Å²) >= 11 is 11.8. The van der Waals surface area contributed by atoms with Gasteiger partial charge in [0.2, 0.25) is 5.91 Å². The van der Waals surface area contributed by atoms with Crippen molar-refractivity contribution in [3.63, 3.8) is 0 Å². The third-order valence-electron chi connectivity index (χ3n) is 4.01. The summed E-state index contributed by atoms with van der Waals surface area (Å²) in [6.45, 7) is 5.41. The van der Waals surface area contributed by atoms with Crippen molar-refractivity contribution in [3.8, 4) is 0 Å². The molecule has 1 atom stereocenters. The minimum Gasteiger partial charge on any atom is -0.324 e. The normalized spacial score (nSPS) is 20.2. The Morgan fingerprint density at radius 2 is 1.84 bits per heavy atom. The van der Waals surface area contributed by atoms with Gasteiger partial charge in [-0.25, -0.2) is 4.79 Å². The molecule has 2 N–H and O–H groups in total. The molecule has 8 heteroatoms. The number of urea groups is 1. The van der Waals surface area contributed by atoms with Gasteiger partial charge in [0.05, 0.1) is 0 Å². The van der Waals surface area contributed by atoms with Crippen molar-refractivity contribution in [2.75, 3.05) is 11.9 Å². The van der Waals surface area contributed by atoms with E-state index in [1.165, 1.54) is 18.2 Å². The maximum atomic E-state index is 12.6. The Morgan fingerprint density at radius 3 is 2.40 bits per heavy atom. The van der Waals surface area contributed by atoms with Crippen molar-refractivity contribution in [1.82, 2.24) is 10.2 Å². The Kier molecular flexibility index (Phi) is 5.95. The van der Waals surface area contributed by atoms with E-state index in [9.17, 15) is 14.4 Å². The Bertz CT molecular complexity index is 688. The fraction of sp³-hybridized carbons (Fsp3) is 0.471. The highest BCUT2D eigenvalue weighted by Crippen LogP contribution is 2.25. The number of hydrogen-bond acceptors (Lipinski definition) is 3. The predicted octanol–water partition coefficient (Wildman–Crippen LogP) is 3.68. The van der Waals surface area contributed by atoms with Crippen LogP contribution in [-0.4, -0.2) is 34.8 Å². The van der Waals surface area contributed by atoms with Crippen LogP contribution in [0.5, 0.6) is 0 Å². The first-order valence-electron chi connectivity index (χ1n) is 8.01. The lowest BCUT2D eigenvalue weighted by molar-refractivity contribution is -0.133. The monoisotopic (exact) mass is 385 g/mol. The van der Waals surface area contributed by atoms with Gasteiger partial charge < -0.3 is 10.6 Å². The van der Waals surface area contributed by atoms with Gasteiger partial charge >= 0.3 is 6.03 Å². The topological polar surface area (TPSA) is 78.5 Å². The quantitative estimate of drug-likeness (QED) is 0.733. The molecular weight excluding hydrogens is 365 g/mol. The molecule has 6 nitrogen and oxygen atoms in total. The zero-order valence-electron chi connectivity index (χ0n) is 14.4. The standard InChI is InChI=1S/C17H21Cl2N3O3/c1-10(2)4-5-17(3)15(24)22(16(25)21-17)9-14(23)20-13-7-11(18)6-12(19)8-13/h6-8,10H,4-5,9H2,1-3H3,(H,20,23)(H,21,25). The van der Waals surface area contributed by atoms with Gasteiger partial charge in [0.1, 0.15) is 12.1 Å². The van der Waals surface area contributed by atoms with E-state index in [1.807, 2.05) is 13.8 Å². The summed E-state index contributed by atoms with van der Waals surface area (Å²) in [5, 5.41) is 6.02. The van der Waals surface area contributed by atoms with Gasteiger partial charge in [0.15, 0.2) is 0 Å². The molecular formula is C17H21Cl2N3O3. The SMILES string of the molecule is CC(C)CCC1(C)NC(=O)N(CC(=O)Nc2cc(Cl)cc(Cl)c2)C1=O. The molecule has 0 saturated carbocycles. The summed E-state index contributed by atoms with van der Waals surface area (Å²) in [7, 11) is 0. The molecule has 0 spiro atoms. The van der Waals surface area contributed by atoms with Crippen molar-refractivity contribution in [2.45, 2.75) is 39.2 Å². The summed E-state index contributed by atoms with van der Waals surface area (Å²) in [6, 6.07) is 4.04. The molecule has 1 saturated heterocycles. The van der Waals surface area contributed by atoms with E-state index in [-0.39, 0.29) is 6.54 Å². The molecule has 1 unspecified atom stereocenters. The number of carbonyl (C=O) groups is 3. The van der Waals surface area contributed by atoms with Crippen LogP contribution in [0.15, 0.2) is 18.2 Å². The number of anilines is 1. The Balaban J connectivity index is 2.02. The zero-order valence-corrected chi connectivity index (χ0v) is 15.9. The molecule has 4 amide bonds. The second-order valence-electron chi connectivity index (χ2n) is 6.79. The van der Waals surface area contributed by atoms with Crippen LogP contribution >= 0.6 is 23.2 Å². The van der Waals surface area contributed by atoms with Gasteiger partial charge in [-0.2, -0.15) is 0 Å². The van der Waals surface area contributed by atoms with Gasteiger partial charge in [0, 0.05) is 15.7 Å². The van der Waals surface area contributed by atoms with E-state index >= 15 is 0 Å². The lowest BCUT2D eigenvalue weighted by Gasteiger charge is -2.22. The highest BCUT2D eigenvalue weighted by molar-refractivity contribution is 6.35. The number of rotatable bonds is 6. The van der Waals surface area contributed by atoms with Crippen LogP contribution < -0.4 is 10.6 Å². The van der Waals surface area contributed by atoms with Crippen molar-refractivity contribution in [3.05, 3.63) is 28.2 Å². The van der Waals surface area contributed by atoms with Crippen molar-refractivity contribution < 1.29 is 14.4 Å². The minimum atomic E-state index is -0.971. The predicted molar refractivity (Wildman–Crippen MR) is 97.8 cm³/mol. The average Bonchev–Trinajstić information content (AvgIpc) is 2.68. The first-order chi connectivity index (χ1) is 11.6. The lowest BCUT2D eigenvalue weighted by atomic mass is 9.92. The van der Waals surface area contributed by atoms with Gasteiger partial charge in [-0.15, -0.1) is 0 Å². The molecule has 1 fully saturated rings. The summed E-state index contributed by atoms with van der Waals surface area (Å²) in [5.74, 6) is -0.487. The number of benzene rings is 1. The molecule has 1 heterocycles. The molecule has 0 aromatic heterocycles. The van der Waals surface area contributed by atoms with Crippen LogP contribution in [0.2, 0.25) is 10.0 Å². The fourth-order valence-corrected chi connectivity index (χ4v) is 3.13. The van der Waals surface area contributed by atoms with Gasteiger partial charge in [-0.3, -0.25) is 14.5 Å². The Hall–Kier alpha value is -1.79. The van der Waals surface area contributed by atoms with Crippen molar-refractivity contribution >= 4 is 46.7 Å². The molecule has 2 rings (SSSR count). The van der Waals surface area contributed by atoms with Crippen molar-refractivity contribution in [2.24, 2.45) is 5.92 Å². The van der Waals surface area contributed by atoms with Crippen molar-refractivity contribution in [1.29, 1.82) is 0 Å². The summed E-state index contributed by atoms with van der Waals surface area (Å²) in [4.78, 5) is 37.8. The average molecular weight is 386 g/mol. The maximum Gasteiger partial charge on any atom is 0.325 e. The molecule has 1 aliphatic heterocycles. The summed E-state index contributed by atoms with van der Waals surface area (Å²) in [5.41, 5.74) is -0.571. The second kappa shape index (κ2) is 7.62. The van der Waals surface area contributed by atoms with Crippen LogP contribution in [-0.2, 0) is 9.59 Å². The number of imide groups is 1. The van der Waals surface area contributed by atoms with Gasteiger partial charge in [-0.1, -0.05) is 37.0 Å². The van der Waals surface area contributed by atoms with Gasteiger partial charge in [0.25, 0.3) is 5.91 Å². The summed E-state index contributed by atoms with van der Waals surface area (Å²) in [6.07, 6.45) is 1.32. The van der Waals surface area contributed by atoms with Crippen LogP contribution in [0.3, 0.4) is 0 Å². The number of amides is 4. The van der Waals surface area contributed by atoms with Crippen LogP contribution in [0.25, 0.3) is 0 Å². The maximum absolute atomic E-state index is 12.6. The highest BCUT2D eigenvalue weighted by Gasteiger charge is 2.47. The first-order valence-corrected chi connectivity index (χ1v) is 8.76. The molecule has 0 bridgehead atoms. The van der Waals surface area contributed by atoms with Crippen LogP contribution in [0.4, 0.5) is 10.5 Å². The second-order valence-corrected chi connectivity index (χ2v) is 7.67. The van der Waals surface area contributed by atoms with E-state index < -0.39 is 23.4 Å². The summed E-state index contributed by atoms with van der Waals surface area (Å²) < 4.78 is 0. The Morgan fingerprint density at radius 1 is 1.24 bits per heavy atom. The van der Waals surface area contributed by atoms with E-state index in [0.29, 0.717) is 28.1 Å². The molecule has 1 aromatic carbocycles. The van der Waals surface area contributed by atoms with E-state index in [1.54, 1.807) is 6.92 Å². The lowest BCUT2D eigenvalue weighted by Crippen LogP contribution is -2.44. The molecule has 136 valence electrons. The largest absolute Gasteiger partial charge is 0.325 e. The number of carbonyl (C=O) groups excluding carboxylic acids is 3. The fourth-order valence-electron chi connectivity index (χ4n) is 2.61. The smallest absolute Gasteiger partial charge is 0.324 e. The third-order valence-corrected chi connectivity index (χ3v) is 4.45. The highest BCUT2D eigenvalue weighted by atomic mass is 35.5. The zero-order chi connectivity index (χ0) is 18.8. The molecule has 1 aromatic rings.